The monoisotopic (exact) mass is 398 g/mol. The van der Waals surface area contributed by atoms with Crippen molar-refractivity contribution in [3.05, 3.63) is 46.8 Å². The van der Waals surface area contributed by atoms with E-state index in [2.05, 4.69) is 46.8 Å². The number of hydrogen-bond acceptors (Lipinski definition) is 5. The summed E-state index contributed by atoms with van der Waals surface area (Å²) in [5.41, 5.74) is 3.58. The van der Waals surface area contributed by atoms with Crippen LogP contribution >= 0.6 is 23.1 Å². The SMILES string of the molecule is CCn1c(SCC(=O)N2CCCc3cc(C)ccc32)nnc1-c1cccs1. The Kier molecular flexibility index (Phi) is 5.31. The molecule has 1 aromatic carbocycles. The van der Waals surface area contributed by atoms with Gasteiger partial charge in [0.05, 0.1) is 10.6 Å². The minimum atomic E-state index is 0.133. The van der Waals surface area contributed by atoms with Crippen molar-refractivity contribution >= 4 is 34.7 Å². The van der Waals surface area contributed by atoms with Crippen LogP contribution in [0.4, 0.5) is 5.69 Å². The minimum Gasteiger partial charge on any atom is -0.311 e. The number of fused-ring (bicyclic) bond motifs is 1. The largest absolute Gasteiger partial charge is 0.311 e. The molecule has 5 nitrogen and oxygen atoms in total. The van der Waals surface area contributed by atoms with Gasteiger partial charge in [-0.15, -0.1) is 21.5 Å². The van der Waals surface area contributed by atoms with Crippen LogP contribution in [0.5, 0.6) is 0 Å². The molecular formula is C20H22N4OS2. The van der Waals surface area contributed by atoms with Crippen molar-refractivity contribution in [1.29, 1.82) is 0 Å². The molecule has 7 heteroatoms. The Morgan fingerprint density at radius 3 is 2.96 bits per heavy atom. The Hall–Kier alpha value is -2.12. The molecule has 3 heterocycles. The lowest BCUT2D eigenvalue weighted by atomic mass is 10.00. The zero-order valence-electron chi connectivity index (χ0n) is 15.5. The molecular weight excluding hydrogens is 376 g/mol. The molecule has 0 saturated heterocycles. The normalized spacial score (nSPS) is 13.6. The van der Waals surface area contributed by atoms with Crippen LogP contribution in [0.15, 0.2) is 40.9 Å². The number of nitrogens with zero attached hydrogens (tertiary/aromatic N) is 4. The van der Waals surface area contributed by atoms with Crippen molar-refractivity contribution in [1.82, 2.24) is 14.8 Å². The summed E-state index contributed by atoms with van der Waals surface area (Å²) >= 11 is 3.12. The summed E-state index contributed by atoms with van der Waals surface area (Å²) in [6.07, 6.45) is 2.06. The maximum Gasteiger partial charge on any atom is 0.237 e. The van der Waals surface area contributed by atoms with E-state index in [1.807, 2.05) is 22.4 Å². The maximum absolute atomic E-state index is 12.9. The molecule has 1 aliphatic heterocycles. The number of aromatic nitrogens is 3. The van der Waals surface area contributed by atoms with Gasteiger partial charge in [0.1, 0.15) is 0 Å². The zero-order chi connectivity index (χ0) is 18.8. The molecule has 0 bridgehead atoms. The molecule has 0 spiro atoms. The van der Waals surface area contributed by atoms with Crippen LogP contribution < -0.4 is 4.90 Å². The van der Waals surface area contributed by atoms with Crippen molar-refractivity contribution < 1.29 is 4.79 Å². The van der Waals surface area contributed by atoms with Crippen molar-refractivity contribution in [2.45, 2.75) is 38.4 Å². The summed E-state index contributed by atoms with van der Waals surface area (Å²) in [5, 5.41) is 11.5. The van der Waals surface area contributed by atoms with E-state index < -0.39 is 0 Å². The summed E-state index contributed by atoms with van der Waals surface area (Å²) in [4.78, 5) is 15.9. The lowest BCUT2D eigenvalue weighted by Crippen LogP contribution is -2.36. The van der Waals surface area contributed by atoms with E-state index >= 15 is 0 Å². The molecule has 4 rings (SSSR count). The Morgan fingerprint density at radius 1 is 1.30 bits per heavy atom. The molecule has 1 aliphatic rings. The first kappa shape index (κ1) is 18.3. The number of benzene rings is 1. The first-order valence-electron chi connectivity index (χ1n) is 9.17. The highest BCUT2D eigenvalue weighted by atomic mass is 32.2. The average molecular weight is 399 g/mol. The van der Waals surface area contributed by atoms with Gasteiger partial charge in [0, 0.05) is 18.8 Å². The third-order valence-corrected chi connectivity index (χ3v) is 6.57. The lowest BCUT2D eigenvalue weighted by Gasteiger charge is -2.29. The molecule has 0 aliphatic carbocycles. The van der Waals surface area contributed by atoms with Gasteiger partial charge < -0.3 is 9.47 Å². The van der Waals surface area contributed by atoms with Crippen molar-refractivity contribution in [3.63, 3.8) is 0 Å². The van der Waals surface area contributed by atoms with Crippen LogP contribution in [0.3, 0.4) is 0 Å². The van der Waals surface area contributed by atoms with Crippen molar-refractivity contribution in [2.24, 2.45) is 0 Å². The molecule has 0 fully saturated rings. The van der Waals surface area contributed by atoms with Gasteiger partial charge in [-0.05, 0) is 49.8 Å². The molecule has 0 radical (unpaired) electrons. The minimum absolute atomic E-state index is 0.133. The van der Waals surface area contributed by atoms with E-state index in [9.17, 15) is 4.79 Å². The number of carbonyl (C=O) groups excluding carboxylic acids is 1. The number of aryl methyl sites for hydroxylation is 2. The first-order chi connectivity index (χ1) is 13.2. The fraction of sp³-hybridized carbons (Fsp3) is 0.350. The molecule has 0 N–H and O–H groups in total. The highest BCUT2D eigenvalue weighted by Crippen LogP contribution is 2.30. The van der Waals surface area contributed by atoms with Crippen LogP contribution in [0.1, 0.15) is 24.5 Å². The van der Waals surface area contributed by atoms with Gasteiger partial charge in [-0.25, -0.2) is 0 Å². The number of thiophene rings is 1. The van der Waals surface area contributed by atoms with Crippen LogP contribution in [-0.2, 0) is 17.8 Å². The smallest absolute Gasteiger partial charge is 0.237 e. The quantitative estimate of drug-likeness (QED) is 0.598. The second-order valence-corrected chi connectivity index (χ2v) is 8.49. The van der Waals surface area contributed by atoms with Crippen LogP contribution in [0.2, 0.25) is 0 Å². The highest BCUT2D eigenvalue weighted by molar-refractivity contribution is 7.99. The molecule has 0 saturated carbocycles. The lowest BCUT2D eigenvalue weighted by molar-refractivity contribution is -0.116. The molecule has 27 heavy (non-hydrogen) atoms. The fourth-order valence-electron chi connectivity index (χ4n) is 3.46. The van der Waals surface area contributed by atoms with Crippen LogP contribution in [-0.4, -0.2) is 33.0 Å². The maximum atomic E-state index is 12.9. The van der Waals surface area contributed by atoms with Gasteiger partial charge in [-0.2, -0.15) is 0 Å². The highest BCUT2D eigenvalue weighted by Gasteiger charge is 2.23. The Bertz CT molecular complexity index is 949. The van der Waals surface area contributed by atoms with E-state index in [-0.39, 0.29) is 5.91 Å². The standard InChI is InChI=1S/C20H22N4OS2/c1-3-23-19(17-7-5-11-26-17)21-22-20(23)27-13-18(25)24-10-4-6-15-12-14(2)8-9-16(15)24/h5,7-9,11-12H,3-4,6,10,13H2,1-2H3. The Labute approximate surface area is 167 Å². The number of thioether (sulfide) groups is 1. The van der Waals surface area contributed by atoms with Crippen molar-refractivity contribution in [2.75, 3.05) is 17.2 Å². The van der Waals surface area contributed by atoms with E-state index in [1.54, 1.807) is 11.3 Å². The van der Waals surface area contributed by atoms with Crippen LogP contribution in [0.25, 0.3) is 10.7 Å². The molecule has 1 amide bonds. The van der Waals surface area contributed by atoms with Gasteiger partial charge in [0.25, 0.3) is 0 Å². The zero-order valence-corrected chi connectivity index (χ0v) is 17.1. The summed E-state index contributed by atoms with van der Waals surface area (Å²) in [5.74, 6) is 1.38. The summed E-state index contributed by atoms with van der Waals surface area (Å²) in [7, 11) is 0. The number of anilines is 1. The topological polar surface area (TPSA) is 51.0 Å². The molecule has 3 aromatic rings. The number of hydrogen-bond donors (Lipinski definition) is 0. The summed E-state index contributed by atoms with van der Waals surface area (Å²) in [6.45, 7) is 5.74. The van der Waals surface area contributed by atoms with Gasteiger partial charge in [0.2, 0.25) is 5.91 Å². The Morgan fingerprint density at radius 2 is 2.19 bits per heavy atom. The number of amides is 1. The molecule has 140 valence electrons. The molecule has 0 atom stereocenters. The number of carbonyl (C=O) groups is 1. The van der Waals surface area contributed by atoms with Gasteiger partial charge >= 0.3 is 0 Å². The van der Waals surface area contributed by atoms with Gasteiger partial charge in [0.15, 0.2) is 11.0 Å². The Balaban J connectivity index is 1.49. The fourth-order valence-corrected chi connectivity index (χ4v) is 5.05. The van der Waals surface area contributed by atoms with Crippen LogP contribution in [0, 0.1) is 6.92 Å². The summed E-state index contributed by atoms with van der Waals surface area (Å²) in [6, 6.07) is 10.4. The molecule has 2 aromatic heterocycles. The predicted molar refractivity (Wildman–Crippen MR) is 112 cm³/mol. The van der Waals surface area contributed by atoms with Crippen molar-refractivity contribution in [3.8, 4) is 10.7 Å². The van der Waals surface area contributed by atoms with Gasteiger partial charge in [-0.3, -0.25) is 4.79 Å². The second-order valence-electron chi connectivity index (χ2n) is 6.60. The number of rotatable bonds is 5. The van der Waals surface area contributed by atoms with E-state index in [0.717, 1.165) is 47.5 Å². The first-order valence-corrected chi connectivity index (χ1v) is 11.0. The van der Waals surface area contributed by atoms with Gasteiger partial charge in [-0.1, -0.05) is 35.5 Å². The van der Waals surface area contributed by atoms with E-state index in [1.165, 1.54) is 22.9 Å². The molecule has 0 unspecified atom stereocenters. The third-order valence-electron chi connectivity index (χ3n) is 4.75. The second kappa shape index (κ2) is 7.86. The van der Waals surface area contributed by atoms with E-state index in [0.29, 0.717) is 5.75 Å². The predicted octanol–water partition coefficient (Wildman–Crippen LogP) is 4.41. The third kappa shape index (κ3) is 3.66. The van der Waals surface area contributed by atoms with E-state index in [4.69, 9.17) is 0 Å². The average Bonchev–Trinajstić information content (AvgIpc) is 3.34. The summed E-state index contributed by atoms with van der Waals surface area (Å²) < 4.78 is 2.08.